The lowest BCUT2D eigenvalue weighted by molar-refractivity contribution is -0.138. The number of carbonyl (C=O) groups excluding carboxylic acids is 1. The van der Waals surface area contributed by atoms with Gasteiger partial charge in [0.05, 0.1) is 6.42 Å². The highest BCUT2D eigenvalue weighted by molar-refractivity contribution is 5.76. The molecular formula is C11H23N3O3. The van der Waals surface area contributed by atoms with E-state index in [4.69, 9.17) is 5.11 Å². The lowest BCUT2D eigenvalue weighted by atomic mass is 10.0. The molecule has 2 amide bonds. The van der Waals surface area contributed by atoms with Crippen molar-refractivity contribution < 1.29 is 14.7 Å². The first-order valence-electron chi connectivity index (χ1n) is 5.58. The van der Waals surface area contributed by atoms with E-state index in [2.05, 4.69) is 10.6 Å². The van der Waals surface area contributed by atoms with Gasteiger partial charge in [0.25, 0.3) is 0 Å². The number of carbonyl (C=O) groups is 2. The predicted molar refractivity (Wildman–Crippen MR) is 66.0 cm³/mol. The van der Waals surface area contributed by atoms with Crippen molar-refractivity contribution in [3.63, 3.8) is 0 Å². The molecule has 0 aromatic heterocycles. The van der Waals surface area contributed by atoms with Gasteiger partial charge in [-0.25, -0.2) is 4.79 Å². The number of rotatable bonds is 6. The Morgan fingerprint density at radius 2 is 1.88 bits per heavy atom. The largest absolute Gasteiger partial charge is 0.481 e. The molecule has 6 heteroatoms. The third-order valence-corrected chi connectivity index (χ3v) is 2.48. The Kier molecular flexibility index (Phi) is 5.95. The molecule has 1 atom stereocenters. The molecule has 0 aromatic rings. The monoisotopic (exact) mass is 245 g/mol. The SMILES string of the molecule is CC(CNC(=O)NC(C)(C)CC(=O)O)N(C)C. The van der Waals surface area contributed by atoms with Gasteiger partial charge in [-0.2, -0.15) is 0 Å². The van der Waals surface area contributed by atoms with Crippen LogP contribution in [0.25, 0.3) is 0 Å². The van der Waals surface area contributed by atoms with Crippen LogP contribution in [-0.2, 0) is 4.79 Å². The van der Waals surface area contributed by atoms with E-state index in [1.54, 1.807) is 13.8 Å². The molecule has 0 aliphatic rings. The van der Waals surface area contributed by atoms with Crippen molar-refractivity contribution in [3.8, 4) is 0 Å². The van der Waals surface area contributed by atoms with Crippen molar-refractivity contribution in [2.75, 3.05) is 20.6 Å². The Bertz CT molecular complexity index is 277. The second-order valence-corrected chi connectivity index (χ2v) is 5.10. The van der Waals surface area contributed by atoms with Gasteiger partial charge in [-0.1, -0.05) is 0 Å². The summed E-state index contributed by atoms with van der Waals surface area (Å²) in [6, 6.07) is -0.117. The quantitative estimate of drug-likeness (QED) is 0.636. The maximum Gasteiger partial charge on any atom is 0.315 e. The summed E-state index contributed by atoms with van der Waals surface area (Å²) in [5, 5.41) is 14.0. The Balaban J connectivity index is 4.05. The predicted octanol–water partition coefficient (Wildman–Crippen LogP) is 0.489. The van der Waals surface area contributed by atoms with Gasteiger partial charge in [0, 0.05) is 18.1 Å². The first-order chi connectivity index (χ1) is 7.64. The second-order valence-electron chi connectivity index (χ2n) is 5.10. The number of urea groups is 1. The van der Waals surface area contributed by atoms with Crippen LogP contribution in [0.3, 0.4) is 0 Å². The number of nitrogens with zero attached hydrogens (tertiary/aromatic N) is 1. The zero-order chi connectivity index (χ0) is 13.6. The van der Waals surface area contributed by atoms with Gasteiger partial charge < -0.3 is 20.6 Å². The van der Waals surface area contributed by atoms with Crippen molar-refractivity contribution >= 4 is 12.0 Å². The van der Waals surface area contributed by atoms with E-state index >= 15 is 0 Å². The van der Waals surface area contributed by atoms with E-state index in [0.717, 1.165) is 0 Å². The zero-order valence-electron chi connectivity index (χ0n) is 11.2. The summed E-state index contributed by atoms with van der Waals surface area (Å²) < 4.78 is 0. The standard InChI is InChI=1S/C11H23N3O3/c1-8(14(4)5)7-12-10(17)13-11(2,3)6-9(15)16/h8H,6-7H2,1-5H3,(H,15,16)(H2,12,13,17). The molecule has 0 saturated carbocycles. The highest BCUT2D eigenvalue weighted by atomic mass is 16.4. The molecule has 0 aromatic carbocycles. The highest BCUT2D eigenvalue weighted by Crippen LogP contribution is 2.07. The lowest BCUT2D eigenvalue weighted by Crippen LogP contribution is -2.51. The van der Waals surface area contributed by atoms with E-state index in [-0.39, 0.29) is 18.5 Å². The van der Waals surface area contributed by atoms with Crippen LogP contribution in [0.2, 0.25) is 0 Å². The summed E-state index contributed by atoms with van der Waals surface area (Å²) in [5.74, 6) is -0.933. The summed E-state index contributed by atoms with van der Waals surface area (Å²) in [7, 11) is 3.86. The van der Waals surface area contributed by atoms with Gasteiger partial charge in [-0.3, -0.25) is 4.79 Å². The summed E-state index contributed by atoms with van der Waals surface area (Å²) in [6.45, 7) is 5.86. The van der Waals surface area contributed by atoms with Crippen molar-refractivity contribution in [2.24, 2.45) is 0 Å². The molecule has 0 saturated heterocycles. The molecule has 0 radical (unpaired) electrons. The Hall–Kier alpha value is -1.30. The molecule has 0 aliphatic carbocycles. The Labute approximate surface area is 102 Å². The van der Waals surface area contributed by atoms with Crippen LogP contribution in [0, 0.1) is 0 Å². The van der Waals surface area contributed by atoms with Crippen LogP contribution in [0.15, 0.2) is 0 Å². The van der Waals surface area contributed by atoms with Gasteiger partial charge >= 0.3 is 12.0 Å². The van der Waals surface area contributed by atoms with Gasteiger partial charge in [-0.15, -0.1) is 0 Å². The molecule has 3 N–H and O–H groups in total. The number of amides is 2. The molecule has 0 spiro atoms. The summed E-state index contributed by atoms with van der Waals surface area (Å²) in [5.41, 5.74) is -0.753. The van der Waals surface area contributed by atoms with Crippen molar-refractivity contribution in [1.82, 2.24) is 15.5 Å². The molecule has 1 unspecified atom stereocenters. The average Bonchev–Trinajstić information content (AvgIpc) is 2.10. The number of hydrogen-bond acceptors (Lipinski definition) is 3. The molecule has 6 nitrogen and oxygen atoms in total. The van der Waals surface area contributed by atoms with E-state index in [0.29, 0.717) is 6.54 Å². The second kappa shape index (κ2) is 6.44. The topological polar surface area (TPSA) is 81.7 Å². The average molecular weight is 245 g/mol. The maximum absolute atomic E-state index is 11.5. The lowest BCUT2D eigenvalue weighted by Gasteiger charge is -2.26. The number of carboxylic acid groups (broad SMARTS) is 1. The minimum absolute atomic E-state index is 0.107. The molecular weight excluding hydrogens is 222 g/mol. The van der Waals surface area contributed by atoms with Gasteiger partial charge in [0.1, 0.15) is 0 Å². The van der Waals surface area contributed by atoms with E-state index in [9.17, 15) is 9.59 Å². The van der Waals surface area contributed by atoms with Crippen LogP contribution in [-0.4, -0.2) is 54.2 Å². The number of hydrogen-bond donors (Lipinski definition) is 3. The number of nitrogens with one attached hydrogen (secondary N) is 2. The van der Waals surface area contributed by atoms with Crippen molar-refractivity contribution in [3.05, 3.63) is 0 Å². The third kappa shape index (κ3) is 7.57. The van der Waals surface area contributed by atoms with Gasteiger partial charge in [0.2, 0.25) is 0 Å². The molecule has 0 fully saturated rings. The first kappa shape index (κ1) is 15.7. The summed E-state index contributed by atoms with van der Waals surface area (Å²) >= 11 is 0. The van der Waals surface area contributed by atoms with Crippen LogP contribution in [0.5, 0.6) is 0 Å². The number of aliphatic carboxylic acids is 1. The molecule has 0 bridgehead atoms. The molecule has 17 heavy (non-hydrogen) atoms. The molecule has 0 aliphatic heterocycles. The van der Waals surface area contributed by atoms with Crippen molar-refractivity contribution in [1.29, 1.82) is 0 Å². The normalized spacial score (nSPS) is 13.3. The third-order valence-electron chi connectivity index (χ3n) is 2.48. The van der Waals surface area contributed by atoms with Crippen molar-refractivity contribution in [2.45, 2.75) is 38.8 Å². The fourth-order valence-corrected chi connectivity index (χ4v) is 1.20. The van der Waals surface area contributed by atoms with E-state index in [1.165, 1.54) is 0 Å². The maximum atomic E-state index is 11.5. The minimum atomic E-state index is -0.933. The van der Waals surface area contributed by atoms with Gasteiger partial charge in [0.15, 0.2) is 0 Å². The summed E-state index contributed by atoms with van der Waals surface area (Å²) in [4.78, 5) is 24.1. The number of likely N-dealkylation sites (N-methyl/N-ethyl adjacent to an activating group) is 1. The van der Waals surface area contributed by atoms with Crippen LogP contribution in [0.1, 0.15) is 27.2 Å². The first-order valence-corrected chi connectivity index (χ1v) is 5.58. The minimum Gasteiger partial charge on any atom is -0.481 e. The fraction of sp³-hybridized carbons (Fsp3) is 0.818. The van der Waals surface area contributed by atoms with Crippen LogP contribution < -0.4 is 10.6 Å². The Morgan fingerprint density at radius 3 is 2.29 bits per heavy atom. The number of carboxylic acids is 1. The van der Waals surface area contributed by atoms with E-state index in [1.807, 2.05) is 25.9 Å². The fourth-order valence-electron chi connectivity index (χ4n) is 1.20. The Morgan fingerprint density at radius 1 is 1.35 bits per heavy atom. The summed E-state index contributed by atoms with van der Waals surface area (Å²) in [6.07, 6.45) is -0.107. The molecule has 0 heterocycles. The zero-order valence-corrected chi connectivity index (χ0v) is 11.2. The smallest absolute Gasteiger partial charge is 0.315 e. The van der Waals surface area contributed by atoms with Gasteiger partial charge in [-0.05, 0) is 34.9 Å². The van der Waals surface area contributed by atoms with E-state index < -0.39 is 11.5 Å². The molecule has 0 rings (SSSR count). The van der Waals surface area contributed by atoms with Crippen LogP contribution in [0.4, 0.5) is 4.79 Å². The molecule has 100 valence electrons. The highest BCUT2D eigenvalue weighted by Gasteiger charge is 2.23. The van der Waals surface area contributed by atoms with Crippen LogP contribution >= 0.6 is 0 Å².